The maximum atomic E-state index is 11.2. The van der Waals surface area contributed by atoms with E-state index in [1.807, 2.05) is 73.7 Å². The smallest absolute Gasteiger partial charge is 0.217 e. The van der Waals surface area contributed by atoms with Crippen molar-refractivity contribution in [2.24, 2.45) is 5.92 Å². The predicted octanol–water partition coefficient (Wildman–Crippen LogP) is 6.35. The van der Waals surface area contributed by atoms with Crippen LogP contribution in [-0.2, 0) is 11.4 Å². The van der Waals surface area contributed by atoms with Gasteiger partial charge in [0.25, 0.3) is 0 Å². The van der Waals surface area contributed by atoms with Gasteiger partial charge in [0, 0.05) is 13.0 Å². The monoisotopic (exact) mass is 445 g/mol. The molecule has 1 fully saturated rings. The zero-order chi connectivity index (χ0) is 23.2. The molecule has 1 atom stereocenters. The van der Waals surface area contributed by atoms with Crippen molar-refractivity contribution >= 4 is 5.91 Å². The van der Waals surface area contributed by atoms with Crippen LogP contribution in [0.4, 0.5) is 0 Å². The van der Waals surface area contributed by atoms with Gasteiger partial charge in [0.05, 0.1) is 12.6 Å². The van der Waals surface area contributed by atoms with Crippen molar-refractivity contribution in [2.45, 2.75) is 46.3 Å². The second-order valence-corrected chi connectivity index (χ2v) is 8.70. The van der Waals surface area contributed by atoms with Crippen LogP contribution in [0.25, 0.3) is 0 Å². The Balaban J connectivity index is 1.32. The molecule has 3 aromatic rings. The first-order valence-electron chi connectivity index (χ1n) is 11.5. The van der Waals surface area contributed by atoms with Crippen LogP contribution in [0, 0.1) is 12.8 Å². The number of aryl methyl sites for hydroxylation is 1. The van der Waals surface area contributed by atoms with Gasteiger partial charge in [-0.15, -0.1) is 0 Å². The van der Waals surface area contributed by atoms with E-state index < -0.39 is 0 Å². The summed E-state index contributed by atoms with van der Waals surface area (Å²) in [6.07, 6.45) is 2.54. The number of carbonyl (C=O) groups excluding carboxylic acids is 1. The number of hydrogen-bond acceptors (Lipinski definition) is 4. The molecule has 172 valence electrons. The standard InChI is InChI=1S/C28H31NO4/c1-19-15-28(33-27-6-4-5-26(16-27)31-17-22-7-8-22)14-11-24(19)18-32-25-12-9-23(10-13-25)20(2)29-21(3)30/h4-6,9-16,20,22H,7-8,17-18H2,1-3H3,(H,29,30). The van der Waals surface area contributed by atoms with Crippen LogP contribution < -0.4 is 19.5 Å². The fraction of sp³-hybridized carbons (Fsp3) is 0.321. The minimum absolute atomic E-state index is 0.0307. The summed E-state index contributed by atoms with van der Waals surface area (Å²) in [5, 5.41) is 2.88. The Hall–Kier alpha value is -3.47. The average Bonchev–Trinajstić information content (AvgIpc) is 3.62. The lowest BCUT2D eigenvalue weighted by molar-refractivity contribution is -0.119. The molecular weight excluding hydrogens is 414 g/mol. The number of rotatable bonds is 10. The Morgan fingerprint density at radius 2 is 1.64 bits per heavy atom. The molecule has 0 radical (unpaired) electrons. The van der Waals surface area contributed by atoms with Crippen molar-refractivity contribution in [1.29, 1.82) is 0 Å². The molecule has 1 aliphatic rings. The molecule has 5 heteroatoms. The number of hydrogen-bond donors (Lipinski definition) is 1. The van der Waals surface area contributed by atoms with E-state index in [0.717, 1.165) is 52.2 Å². The number of benzene rings is 3. The summed E-state index contributed by atoms with van der Waals surface area (Å²) in [4.78, 5) is 11.2. The van der Waals surface area contributed by atoms with E-state index in [1.54, 1.807) is 0 Å². The average molecular weight is 446 g/mol. The van der Waals surface area contributed by atoms with Gasteiger partial charge in [-0.1, -0.05) is 24.3 Å². The molecule has 5 nitrogen and oxygen atoms in total. The van der Waals surface area contributed by atoms with Crippen molar-refractivity contribution < 1.29 is 19.0 Å². The highest BCUT2D eigenvalue weighted by Crippen LogP contribution is 2.31. The summed E-state index contributed by atoms with van der Waals surface area (Å²) < 4.78 is 17.9. The molecule has 4 rings (SSSR count). The summed E-state index contributed by atoms with van der Waals surface area (Å²) in [6.45, 7) is 6.79. The second kappa shape index (κ2) is 10.4. The Morgan fingerprint density at radius 3 is 2.33 bits per heavy atom. The fourth-order valence-electron chi connectivity index (χ4n) is 3.56. The number of ether oxygens (including phenoxy) is 3. The van der Waals surface area contributed by atoms with E-state index in [4.69, 9.17) is 14.2 Å². The lowest BCUT2D eigenvalue weighted by Crippen LogP contribution is -2.23. The summed E-state index contributed by atoms with van der Waals surface area (Å²) in [6, 6.07) is 21.6. The van der Waals surface area contributed by atoms with Crippen molar-refractivity contribution in [2.75, 3.05) is 6.61 Å². The van der Waals surface area contributed by atoms with Gasteiger partial charge in [-0.3, -0.25) is 4.79 Å². The molecule has 1 N–H and O–H groups in total. The van der Waals surface area contributed by atoms with Crippen molar-refractivity contribution in [1.82, 2.24) is 5.32 Å². The van der Waals surface area contributed by atoms with E-state index in [-0.39, 0.29) is 11.9 Å². The SMILES string of the molecule is CC(=O)NC(C)c1ccc(OCc2ccc(Oc3cccc(OCC4CC4)c3)cc2C)cc1. The van der Waals surface area contributed by atoms with Crippen molar-refractivity contribution in [3.05, 3.63) is 83.4 Å². The van der Waals surface area contributed by atoms with Gasteiger partial charge in [0.15, 0.2) is 0 Å². The molecule has 0 aromatic heterocycles. The molecule has 0 heterocycles. The van der Waals surface area contributed by atoms with E-state index in [1.165, 1.54) is 19.8 Å². The molecule has 1 amide bonds. The maximum Gasteiger partial charge on any atom is 0.217 e. The topological polar surface area (TPSA) is 56.8 Å². The number of nitrogens with one attached hydrogen (secondary N) is 1. The third kappa shape index (κ3) is 6.75. The summed E-state index contributed by atoms with van der Waals surface area (Å²) in [5.74, 6) is 3.86. The molecule has 0 spiro atoms. The van der Waals surface area contributed by atoms with Gasteiger partial charge in [-0.05, 0) is 85.7 Å². The van der Waals surface area contributed by atoms with E-state index in [2.05, 4.69) is 12.2 Å². The van der Waals surface area contributed by atoms with Crippen LogP contribution in [0.2, 0.25) is 0 Å². The Bertz CT molecular complexity index is 1090. The molecular formula is C28H31NO4. The van der Waals surface area contributed by atoms with Gasteiger partial charge < -0.3 is 19.5 Å². The van der Waals surface area contributed by atoms with Crippen LogP contribution in [0.3, 0.4) is 0 Å². The third-order valence-corrected chi connectivity index (χ3v) is 5.73. The quantitative estimate of drug-likeness (QED) is 0.395. The Morgan fingerprint density at radius 1 is 0.939 bits per heavy atom. The largest absolute Gasteiger partial charge is 0.493 e. The molecule has 0 saturated heterocycles. The molecule has 1 saturated carbocycles. The van der Waals surface area contributed by atoms with Gasteiger partial charge >= 0.3 is 0 Å². The number of amides is 1. The van der Waals surface area contributed by atoms with E-state index in [0.29, 0.717) is 6.61 Å². The van der Waals surface area contributed by atoms with Crippen LogP contribution in [0.5, 0.6) is 23.0 Å². The molecule has 33 heavy (non-hydrogen) atoms. The highest BCUT2D eigenvalue weighted by molar-refractivity contribution is 5.73. The summed E-state index contributed by atoms with van der Waals surface area (Å²) >= 11 is 0. The minimum atomic E-state index is -0.0413. The lowest BCUT2D eigenvalue weighted by atomic mass is 10.1. The van der Waals surface area contributed by atoms with Crippen LogP contribution in [0.15, 0.2) is 66.7 Å². The summed E-state index contributed by atoms with van der Waals surface area (Å²) in [5.41, 5.74) is 3.24. The minimum Gasteiger partial charge on any atom is -0.493 e. The molecule has 1 aliphatic carbocycles. The normalized spacial score (nSPS) is 13.8. The highest BCUT2D eigenvalue weighted by Gasteiger charge is 2.21. The molecule has 1 unspecified atom stereocenters. The van der Waals surface area contributed by atoms with Crippen molar-refractivity contribution in [3.8, 4) is 23.0 Å². The fourth-order valence-corrected chi connectivity index (χ4v) is 3.56. The van der Waals surface area contributed by atoms with E-state index >= 15 is 0 Å². The number of carbonyl (C=O) groups is 1. The highest BCUT2D eigenvalue weighted by atomic mass is 16.5. The van der Waals surface area contributed by atoms with Gasteiger partial charge in [-0.2, -0.15) is 0 Å². The molecule has 3 aromatic carbocycles. The second-order valence-electron chi connectivity index (χ2n) is 8.70. The van der Waals surface area contributed by atoms with E-state index in [9.17, 15) is 4.79 Å². The summed E-state index contributed by atoms with van der Waals surface area (Å²) in [7, 11) is 0. The zero-order valence-corrected chi connectivity index (χ0v) is 19.5. The Labute approximate surface area is 195 Å². The van der Waals surface area contributed by atoms with Crippen LogP contribution in [-0.4, -0.2) is 12.5 Å². The first-order chi connectivity index (χ1) is 16.0. The zero-order valence-electron chi connectivity index (χ0n) is 19.5. The molecule has 0 bridgehead atoms. The Kier molecular flexibility index (Phi) is 7.18. The van der Waals surface area contributed by atoms with Gasteiger partial charge in [0.2, 0.25) is 5.91 Å². The van der Waals surface area contributed by atoms with Crippen LogP contribution in [0.1, 0.15) is 49.4 Å². The van der Waals surface area contributed by atoms with Gasteiger partial charge in [0.1, 0.15) is 29.6 Å². The first-order valence-corrected chi connectivity index (χ1v) is 11.5. The lowest BCUT2D eigenvalue weighted by Gasteiger charge is -2.14. The van der Waals surface area contributed by atoms with Gasteiger partial charge in [-0.25, -0.2) is 0 Å². The van der Waals surface area contributed by atoms with Crippen LogP contribution >= 0.6 is 0 Å². The third-order valence-electron chi connectivity index (χ3n) is 5.73. The predicted molar refractivity (Wildman–Crippen MR) is 129 cm³/mol. The first kappa shape index (κ1) is 22.7. The maximum absolute atomic E-state index is 11.2. The van der Waals surface area contributed by atoms with Crippen molar-refractivity contribution in [3.63, 3.8) is 0 Å². The molecule has 0 aliphatic heterocycles.